The second kappa shape index (κ2) is 5.52. The first-order chi connectivity index (χ1) is 9.00. The molecule has 0 fully saturated rings. The molecule has 0 aromatic carbocycles. The van der Waals surface area contributed by atoms with Gasteiger partial charge >= 0.3 is 0 Å². The molecule has 7 heteroatoms. The molecule has 2 rings (SSSR count). The lowest BCUT2D eigenvalue weighted by Crippen LogP contribution is -2.31. The van der Waals surface area contributed by atoms with Gasteiger partial charge in [-0.3, -0.25) is 0 Å². The maximum absolute atomic E-state index is 5.93. The van der Waals surface area contributed by atoms with Gasteiger partial charge in [-0.2, -0.15) is 20.1 Å². The van der Waals surface area contributed by atoms with E-state index in [-0.39, 0.29) is 10.8 Å². The van der Waals surface area contributed by atoms with Gasteiger partial charge in [0, 0.05) is 17.9 Å². The van der Waals surface area contributed by atoms with Gasteiger partial charge < -0.3 is 5.32 Å². The number of hydrogen-bond acceptors (Lipinski definition) is 5. The predicted octanol–water partition coefficient (Wildman–Crippen LogP) is 2.70. The highest BCUT2D eigenvalue weighted by Gasteiger charge is 2.18. The van der Waals surface area contributed by atoms with Crippen LogP contribution < -0.4 is 5.32 Å². The Morgan fingerprint density at radius 3 is 2.74 bits per heavy atom. The van der Waals surface area contributed by atoms with Gasteiger partial charge in [0.05, 0.1) is 0 Å². The van der Waals surface area contributed by atoms with Crippen molar-refractivity contribution in [2.24, 2.45) is 0 Å². The van der Waals surface area contributed by atoms with Gasteiger partial charge in [0.2, 0.25) is 11.2 Å². The van der Waals surface area contributed by atoms with Crippen molar-refractivity contribution in [2.45, 2.75) is 39.2 Å². The molecule has 0 bridgehead atoms. The Morgan fingerprint density at radius 1 is 1.32 bits per heavy atom. The maximum Gasteiger partial charge on any atom is 0.256 e. The van der Waals surface area contributed by atoms with E-state index in [0.29, 0.717) is 11.9 Å². The molecule has 0 aliphatic rings. The van der Waals surface area contributed by atoms with E-state index in [1.54, 1.807) is 23.1 Å². The topological polar surface area (TPSA) is 68.5 Å². The van der Waals surface area contributed by atoms with E-state index in [4.69, 9.17) is 11.6 Å². The van der Waals surface area contributed by atoms with E-state index >= 15 is 0 Å². The molecule has 0 saturated carbocycles. The van der Waals surface area contributed by atoms with Crippen LogP contribution in [0.15, 0.2) is 18.5 Å². The summed E-state index contributed by atoms with van der Waals surface area (Å²) in [6, 6.07) is 1.80. The molecule has 1 N–H and O–H groups in total. The van der Waals surface area contributed by atoms with Crippen LogP contribution in [0.1, 0.15) is 33.6 Å². The van der Waals surface area contributed by atoms with Crippen LogP contribution in [0, 0.1) is 0 Å². The lowest BCUT2D eigenvalue weighted by atomic mass is 9.99. The lowest BCUT2D eigenvalue weighted by Gasteiger charge is -2.25. The van der Waals surface area contributed by atoms with Crippen LogP contribution in [0.25, 0.3) is 5.95 Å². The molecule has 2 aromatic heterocycles. The molecule has 0 spiro atoms. The first-order valence-corrected chi connectivity index (χ1v) is 6.58. The summed E-state index contributed by atoms with van der Waals surface area (Å²) >= 11 is 5.93. The molecule has 0 atom stereocenters. The van der Waals surface area contributed by atoms with Gasteiger partial charge in [-0.05, 0) is 37.9 Å². The first kappa shape index (κ1) is 13.7. The van der Waals surface area contributed by atoms with E-state index in [0.717, 1.165) is 12.8 Å². The minimum Gasteiger partial charge on any atom is -0.349 e. The average molecular weight is 281 g/mol. The molecule has 0 radical (unpaired) electrons. The minimum absolute atomic E-state index is 0.0964. The number of halogens is 1. The Morgan fingerprint density at radius 2 is 2.11 bits per heavy atom. The molecule has 0 aliphatic carbocycles. The number of nitrogens with zero attached hydrogens (tertiary/aromatic N) is 5. The summed E-state index contributed by atoms with van der Waals surface area (Å²) in [4.78, 5) is 12.5. The van der Waals surface area contributed by atoms with Crippen LogP contribution in [0.4, 0.5) is 5.95 Å². The van der Waals surface area contributed by atoms with Crippen LogP contribution in [-0.4, -0.2) is 30.3 Å². The Hall–Kier alpha value is -1.69. The molecular formula is C12H17ClN6. The third kappa shape index (κ3) is 3.64. The third-order valence-electron chi connectivity index (χ3n) is 2.63. The van der Waals surface area contributed by atoms with Crippen LogP contribution in [0.3, 0.4) is 0 Å². The Balaban J connectivity index is 2.27. The van der Waals surface area contributed by atoms with Gasteiger partial charge in [-0.25, -0.2) is 4.68 Å². The van der Waals surface area contributed by atoms with Gasteiger partial charge in [0.1, 0.15) is 0 Å². The summed E-state index contributed by atoms with van der Waals surface area (Å²) in [6.45, 7) is 6.34. The maximum atomic E-state index is 5.93. The fourth-order valence-electron chi connectivity index (χ4n) is 1.88. The summed E-state index contributed by atoms with van der Waals surface area (Å²) in [5.74, 6) is 0.865. The molecule has 0 aliphatic heterocycles. The summed E-state index contributed by atoms with van der Waals surface area (Å²) in [5, 5.41) is 7.50. The molecular weight excluding hydrogens is 264 g/mol. The van der Waals surface area contributed by atoms with E-state index < -0.39 is 0 Å². The molecule has 6 nitrogen and oxygen atoms in total. The van der Waals surface area contributed by atoms with E-state index in [9.17, 15) is 0 Å². The van der Waals surface area contributed by atoms with Crippen molar-refractivity contribution < 1.29 is 0 Å². The summed E-state index contributed by atoms with van der Waals surface area (Å²) in [7, 11) is 0. The molecule has 0 amide bonds. The fourth-order valence-corrected chi connectivity index (χ4v) is 2.03. The zero-order valence-electron chi connectivity index (χ0n) is 11.3. The van der Waals surface area contributed by atoms with Crippen molar-refractivity contribution >= 4 is 17.5 Å². The second-order valence-electron chi connectivity index (χ2n) is 4.94. The summed E-state index contributed by atoms with van der Waals surface area (Å²) in [6.07, 6.45) is 5.50. The lowest BCUT2D eigenvalue weighted by molar-refractivity contribution is 0.506. The van der Waals surface area contributed by atoms with Crippen molar-refractivity contribution in [1.82, 2.24) is 24.7 Å². The van der Waals surface area contributed by atoms with Gasteiger partial charge in [0.25, 0.3) is 5.95 Å². The number of hydrogen-bond donors (Lipinski definition) is 1. The number of nitrogens with one attached hydrogen (secondary N) is 1. The Kier molecular flexibility index (Phi) is 3.99. The Labute approximate surface area is 117 Å². The van der Waals surface area contributed by atoms with Crippen molar-refractivity contribution in [1.29, 1.82) is 0 Å². The summed E-state index contributed by atoms with van der Waals surface area (Å²) in [5.41, 5.74) is -0.0964. The number of rotatable bonds is 5. The molecule has 0 saturated heterocycles. The van der Waals surface area contributed by atoms with E-state index in [2.05, 4.69) is 46.1 Å². The molecule has 19 heavy (non-hydrogen) atoms. The van der Waals surface area contributed by atoms with Crippen LogP contribution >= 0.6 is 11.6 Å². The fraction of sp³-hybridized carbons (Fsp3) is 0.500. The highest BCUT2D eigenvalue weighted by molar-refractivity contribution is 6.28. The van der Waals surface area contributed by atoms with Crippen molar-refractivity contribution in [3.8, 4) is 5.95 Å². The van der Waals surface area contributed by atoms with E-state index in [1.165, 1.54) is 0 Å². The standard InChI is InChI=1S/C12H17ClN6/c1-4-6-12(2,3)18-10-15-9(13)16-11(17-10)19-8-5-7-14-19/h5,7-8H,4,6H2,1-3H3,(H,15,16,17,18). The number of aromatic nitrogens is 5. The largest absolute Gasteiger partial charge is 0.349 e. The monoisotopic (exact) mass is 280 g/mol. The predicted molar refractivity (Wildman–Crippen MR) is 74.6 cm³/mol. The normalized spacial score (nSPS) is 11.6. The SMILES string of the molecule is CCCC(C)(C)Nc1nc(Cl)nc(-n2cccn2)n1. The quantitative estimate of drug-likeness (QED) is 0.912. The van der Waals surface area contributed by atoms with Gasteiger partial charge in [-0.15, -0.1) is 0 Å². The highest BCUT2D eigenvalue weighted by atomic mass is 35.5. The number of anilines is 1. The summed E-state index contributed by atoms with van der Waals surface area (Å²) < 4.78 is 1.55. The van der Waals surface area contributed by atoms with Crippen LogP contribution in [-0.2, 0) is 0 Å². The van der Waals surface area contributed by atoms with Crippen LogP contribution in [0.2, 0.25) is 5.28 Å². The molecule has 0 unspecified atom stereocenters. The minimum atomic E-state index is -0.0964. The molecule has 2 aromatic rings. The van der Waals surface area contributed by atoms with Gasteiger partial charge in [0.15, 0.2) is 0 Å². The average Bonchev–Trinajstić information content (AvgIpc) is 2.80. The third-order valence-corrected chi connectivity index (χ3v) is 2.80. The molecule has 2 heterocycles. The zero-order valence-corrected chi connectivity index (χ0v) is 12.0. The van der Waals surface area contributed by atoms with Gasteiger partial charge in [-0.1, -0.05) is 13.3 Å². The van der Waals surface area contributed by atoms with Crippen molar-refractivity contribution in [3.63, 3.8) is 0 Å². The first-order valence-electron chi connectivity index (χ1n) is 6.20. The second-order valence-corrected chi connectivity index (χ2v) is 5.28. The van der Waals surface area contributed by atoms with Crippen molar-refractivity contribution in [3.05, 3.63) is 23.7 Å². The Bertz CT molecular complexity index is 537. The highest BCUT2D eigenvalue weighted by Crippen LogP contribution is 2.18. The molecule has 102 valence electrons. The van der Waals surface area contributed by atoms with E-state index in [1.807, 2.05) is 0 Å². The zero-order chi connectivity index (χ0) is 13.9. The smallest absolute Gasteiger partial charge is 0.256 e. The van der Waals surface area contributed by atoms with Crippen LogP contribution in [0.5, 0.6) is 0 Å². The van der Waals surface area contributed by atoms with Crippen molar-refractivity contribution in [2.75, 3.05) is 5.32 Å².